The number of carbonyl (C=O) groups excluding carboxylic acids is 1. The number of carbonyl (C=O) groups is 1. The number of fused-ring (bicyclic) bond motifs is 2. The summed E-state index contributed by atoms with van der Waals surface area (Å²) >= 11 is 0. The second-order valence-corrected chi connectivity index (χ2v) is 8.58. The second-order valence-electron chi connectivity index (χ2n) is 6.67. The van der Waals surface area contributed by atoms with E-state index in [-0.39, 0.29) is 35.3 Å². The molecule has 0 saturated carbocycles. The first-order chi connectivity index (χ1) is 13.8. The lowest BCUT2D eigenvalue weighted by molar-refractivity contribution is 0.0964. The molecule has 0 unspecified atom stereocenters. The normalized spacial score (nSPS) is 14.0. The molecule has 1 amide bonds. The van der Waals surface area contributed by atoms with E-state index in [1.807, 2.05) is 6.08 Å². The molecule has 1 aliphatic heterocycles. The summed E-state index contributed by atoms with van der Waals surface area (Å²) in [5, 5.41) is 3.03. The van der Waals surface area contributed by atoms with Crippen LogP contribution in [0.25, 0.3) is 28.5 Å². The van der Waals surface area contributed by atoms with Gasteiger partial charge in [0, 0.05) is 24.7 Å². The first-order valence-electron chi connectivity index (χ1n) is 8.89. The summed E-state index contributed by atoms with van der Waals surface area (Å²) in [6.45, 7) is 0.259. The van der Waals surface area contributed by atoms with Crippen LogP contribution >= 0.6 is 0 Å². The van der Waals surface area contributed by atoms with E-state index in [2.05, 4.69) is 10.3 Å². The third-order valence-corrected chi connectivity index (χ3v) is 5.84. The maximum Gasteiger partial charge on any atom is 0.255 e. The number of anilines is 1. The molecule has 1 N–H and O–H groups in total. The molecule has 0 radical (unpaired) electrons. The number of nitrogens with one attached hydrogen (secondary N) is 1. The number of pyridine rings is 1. The van der Waals surface area contributed by atoms with Gasteiger partial charge >= 0.3 is 0 Å². The standard InChI is InChI=1S/C20H18FN3O4S/c1-22-19(25)16-15-11-13-5-3-4-10-24(29(2,26)27)18(13)23-20(15)28-17(16)12-6-8-14(21)9-7-12/h3,5-9,11H,4,10H2,1-2H3,(H,22,25). The van der Waals surface area contributed by atoms with Gasteiger partial charge < -0.3 is 9.73 Å². The second kappa shape index (κ2) is 7.00. The Balaban J connectivity index is 2.02. The molecule has 150 valence electrons. The molecule has 1 aromatic carbocycles. The van der Waals surface area contributed by atoms with Crippen LogP contribution in [-0.4, -0.2) is 39.2 Å². The highest BCUT2D eigenvalue weighted by Crippen LogP contribution is 2.37. The molecular weight excluding hydrogens is 397 g/mol. The Labute approximate surface area is 166 Å². The summed E-state index contributed by atoms with van der Waals surface area (Å²) in [5.41, 5.74) is 1.46. The predicted molar refractivity (Wildman–Crippen MR) is 109 cm³/mol. The van der Waals surface area contributed by atoms with Crippen molar-refractivity contribution in [1.82, 2.24) is 10.3 Å². The monoisotopic (exact) mass is 415 g/mol. The number of rotatable bonds is 3. The highest BCUT2D eigenvalue weighted by atomic mass is 32.2. The van der Waals surface area contributed by atoms with Gasteiger partial charge in [-0.2, -0.15) is 4.98 Å². The average Bonchev–Trinajstić information content (AvgIpc) is 2.90. The fourth-order valence-electron chi connectivity index (χ4n) is 3.34. The Morgan fingerprint density at radius 3 is 2.66 bits per heavy atom. The van der Waals surface area contributed by atoms with Crippen molar-refractivity contribution in [2.75, 3.05) is 24.2 Å². The van der Waals surface area contributed by atoms with Gasteiger partial charge in [-0.1, -0.05) is 12.2 Å². The SMILES string of the molecule is CNC(=O)c1c(-c2ccc(F)cc2)oc2nc3c(cc12)C=CCCN3S(C)(=O)=O. The minimum absolute atomic E-state index is 0.130. The number of furan rings is 1. The van der Waals surface area contributed by atoms with E-state index in [0.29, 0.717) is 22.9 Å². The molecule has 0 saturated heterocycles. The van der Waals surface area contributed by atoms with Gasteiger partial charge in [0.1, 0.15) is 11.6 Å². The van der Waals surface area contributed by atoms with Gasteiger partial charge in [0.2, 0.25) is 15.7 Å². The van der Waals surface area contributed by atoms with Crippen LogP contribution in [-0.2, 0) is 10.0 Å². The molecule has 1 aliphatic rings. The lowest BCUT2D eigenvalue weighted by Crippen LogP contribution is -2.31. The van der Waals surface area contributed by atoms with Gasteiger partial charge in [-0.3, -0.25) is 9.10 Å². The number of aromatic nitrogens is 1. The van der Waals surface area contributed by atoms with E-state index in [4.69, 9.17) is 4.42 Å². The number of sulfonamides is 1. The predicted octanol–water partition coefficient (Wildman–Crippen LogP) is 3.18. The smallest absolute Gasteiger partial charge is 0.255 e. The zero-order valence-corrected chi connectivity index (χ0v) is 16.6. The summed E-state index contributed by atoms with van der Waals surface area (Å²) in [4.78, 5) is 17.1. The van der Waals surface area contributed by atoms with Crippen molar-refractivity contribution in [3.8, 4) is 11.3 Å². The van der Waals surface area contributed by atoms with Gasteiger partial charge in [-0.25, -0.2) is 12.8 Å². The van der Waals surface area contributed by atoms with E-state index in [1.54, 1.807) is 12.1 Å². The van der Waals surface area contributed by atoms with Crippen LogP contribution in [0.15, 0.2) is 40.8 Å². The maximum atomic E-state index is 13.3. The van der Waals surface area contributed by atoms with Crippen molar-refractivity contribution in [3.63, 3.8) is 0 Å². The minimum Gasteiger partial charge on any atom is -0.437 e. The van der Waals surface area contributed by atoms with Gasteiger partial charge in [-0.15, -0.1) is 0 Å². The lowest BCUT2D eigenvalue weighted by atomic mass is 10.0. The number of halogens is 1. The summed E-state index contributed by atoms with van der Waals surface area (Å²) in [7, 11) is -2.05. The minimum atomic E-state index is -3.54. The topological polar surface area (TPSA) is 92.5 Å². The van der Waals surface area contributed by atoms with Crippen molar-refractivity contribution in [2.24, 2.45) is 0 Å². The first-order valence-corrected chi connectivity index (χ1v) is 10.7. The zero-order chi connectivity index (χ0) is 20.8. The quantitative estimate of drug-likeness (QED) is 0.709. The lowest BCUT2D eigenvalue weighted by Gasteiger charge is -2.20. The Hall–Kier alpha value is -3.20. The fraction of sp³-hybridized carbons (Fsp3) is 0.200. The van der Waals surface area contributed by atoms with Crippen LogP contribution in [0.3, 0.4) is 0 Å². The summed E-state index contributed by atoms with van der Waals surface area (Å²) < 4.78 is 44.9. The van der Waals surface area contributed by atoms with E-state index in [9.17, 15) is 17.6 Å². The van der Waals surface area contributed by atoms with E-state index in [0.717, 1.165) is 6.26 Å². The number of benzene rings is 1. The molecular formula is C20H18FN3O4S. The highest BCUT2D eigenvalue weighted by Gasteiger charge is 2.27. The molecule has 2 aromatic heterocycles. The van der Waals surface area contributed by atoms with Crippen molar-refractivity contribution in [2.45, 2.75) is 6.42 Å². The molecule has 9 heteroatoms. The first kappa shape index (κ1) is 19.1. The van der Waals surface area contributed by atoms with Crippen LogP contribution in [0, 0.1) is 5.82 Å². The van der Waals surface area contributed by atoms with Crippen LogP contribution in [0.4, 0.5) is 10.2 Å². The Morgan fingerprint density at radius 1 is 1.28 bits per heavy atom. The molecule has 29 heavy (non-hydrogen) atoms. The summed E-state index contributed by atoms with van der Waals surface area (Å²) in [6.07, 6.45) is 5.30. The van der Waals surface area contributed by atoms with Crippen molar-refractivity contribution in [3.05, 3.63) is 53.4 Å². The largest absolute Gasteiger partial charge is 0.437 e. The number of nitrogens with zero attached hydrogens (tertiary/aromatic N) is 2. The Morgan fingerprint density at radius 2 is 2.00 bits per heavy atom. The number of hydrogen-bond donors (Lipinski definition) is 1. The Kier molecular flexibility index (Phi) is 4.62. The highest BCUT2D eigenvalue weighted by molar-refractivity contribution is 7.92. The molecule has 0 bridgehead atoms. The molecule has 0 aliphatic carbocycles. The van der Waals surface area contributed by atoms with Crippen LogP contribution < -0.4 is 9.62 Å². The molecule has 3 heterocycles. The Bertz CT molecular complexity index is 1250. The number of hydrogen-bond acceptors (Lipinski definition) is 5. The van der Waals surface area contributed by atoms with Crippen molar-refractivity contribution < 1.29 is 22.0 Å². The van der Waals surface area contributed by atoms with E-state index >= 15 is 0 Å². The molecule has 0 atom stereocenters. The molecule has 7 nitrogen and oxygen atoms in total. The average molecular weight is 415 g/mol. The maximum absolute atomic E-state index is 13.3. The van der Waals surface area contributed by atoms with Gasteiger partial charge in [-0.05, 0) is 36.8 Å². The molecule has 3 aromatic rings. The third-order valence-electron chi connectivity index (χ3n) is 4.68. The molecule has 0 spiro atoms. The van der Waals surface area contributed by atoms with Gasteiger partial charge in [0.15, 0.2) is 5.82 Å². The van der Waals surface area contributed by atoms with Crippen molar-refractivity contribution >= 4 is 38.9 Å². The van der Waals surface area contributed by atoms with E-state index in [1.165, 1.54) is 35.6 Å². The third kappa shape index (κ3) is 3.38. The number of amides is 1. The van der Waals surface area contributed by atoms with Crippen molar-refractivity contribution in [1.29, 1.82) is 0 Å². The molecule has 4 rings (SSSR count). The fourth-order valence-corrected chi connectivity index (χ4v) is 4.24. The zero-order valence-electron chi connectivity index (χ0n) is 15.8. The summed E-state index contributed by atoms with van der Waals surface area (Å²) in [5.74, 6) is -0.314. The van der Waals surface area contributed by atoms with Gasteiger partial charge in [0.05, 0.1) is 17.2 Å². The van der Waals surface area contributed by atoms with Crippen LogP contribution in [0.2, 0.25) is 0 Å². The van der Waals surface area contributed by atoms with Crippen LogP contribution in [0.1, 0.15) is 22.3 Å². The van der Waals surface area contributed by atoms with E-state index < -0.39 is 15.8 Å². The molecule has 0 fully saturated rings. The van der Waals surface area contributed by atoms with Gasteiger partial charge in [0.25, 0.3) is 5.91 Å². The summed E-state index contributed by atoms with van der Waals surface area (Å²) in [6, 6.07) is 7.25. The van der Waals surface area contributed by atoms with Crippen LogP contribution in [0.5, 0.6) is 0 Å².